The van der Waals surface area contributed by atoms with Gasteiger partial charge in [-0.05, 0) is 43.7 Å². The lowest BCUT2D eigenvalue weighted by Crippen LogP contribution is -2.52. The Morgan fingerprint density at radius 3 is 2.17 bits per heavy atom. The summed E-state index contributed by atoms with van der Waals surface area (Å²) >= 11 is 0. The molecule has 0 atom stereocenters. The summed E-state index contributed by atoms with van der Waals surface area (Å²) in [6.07, 6.45) is 0. The molecule has 2 aromatic carbocycles. The molecule has 0 aromatic heterocycles. The van der Waals surface area contributed by atoms with Gasteiger partial charge in [-0.1, -0.05) is 30.3 Å². The van der Waals surface area contributed by atoms with Gasteiger partial charge in [-0.25, -0.2) is 4.99 Å². The van der Waals surface area contributed by atoms with Crippen molar-refractivity contribution >= 4 is 17.6 Å². The van der Waals surface area contributed by atoms with Crippen LogP contribution in [-0.2, 0) is 6.54 Å². The molecule has 0 unspecified atom stereocenters. The second-order valence-corrected chi connectivity index (χ2v) is 7.04. The molecule has 6 nitrogen and oxygen atoms in total. The van der Waals surface area contributed by atoms with Crippen molar-refractivity contribution in [1.29, 1.82) is 0 Å². The van der Waals surface area contributed by atoms with Gasteiger partial charge in [0.15, 0.2) is 5.96 Å². The third-order valence-corrected chi connectivity index (χ3v) is 5.00. The Kier molecular flexibility index (Phi) is 7.50. The van der Waals surface area contributed by atoms with Crippen LogP contribution in [0, 0.1) is 0 Å². The van der Waals surface area contributed by atoms with Crippen molar-refractivity contribution in [2.24, 2.45) is 4.99 Å². The first-order valence-corrected chi connectivity index (χ1v) is 10.4. The summed E-state index contributed by atoms with van der Waals surface area (Å²) in [5.41, 5.74) is 3.06. The molecular weight excluding hydrogens is 362 g/mol. The van der Waals surface area contributed by atoms with Crippen LogP contribution in [0.4, 0.5) is 5.69 Å². The summed E-state index contributed by atoms with van der Waals surface area (Å²) in [7, 11) is 0. The van der Waals surface area contributed by atoms with Crippen LogP contribution in [0.2, 0.25) is 0 Å². The number of rotatable bonds is 6. The molecule has 1 saturated heterocycles. The second-order valence-electron chi connectivity index (χ2n) is 7.04. The molecule has 2 N–H and O–H groups in total. The fourth-order valence-electron chi connectivity index (χ4n) is 3.43. The minimum absolute atomic E-state index is 0.0350. The maximum atomic E-state index is 11.9. The van der Waals surface area contributed by atoms with Crippen molar-refractivity contribution < 1.29 is 4.79 Å². The Labute approximate surface area is 173 Å². The average Bonchev–Trinajstić information content (AvgIpc) is 2.78. The molecule has 29 heavy (non-hydrogen) atoms. The van der Waals surface area contributed by atoms with Gasteiger partial charge in [0.1, 0.15) is 0 Å². The molecular formula is C23H31N5O. The highest BCUT2D eigenvalue weighted by Gasteiger charge is 2.19. The van der Waals surface area contributed by atoms with E-state index in [2.05, 4.69) is 57.7 Å². The van der Waals surface area contributed by atoms with Gasteiger partial charge < -0.3 is 20.4 Å². The van der Waals surface area contributed by atoms with E-state index >= 15 is 0 Å². The second kappa shape index (κ2) is 10.5. The van der Waals surface area contributed by atoms with Gasteiger partial charge in [-0.3, -0.25) is 4.79 Å². The third kappa shape index (κ3) is 5.73. The zero-order valence-electron chi connectivity index (χ0n) is 17.4. The van der Waals surface area contributed by atoms with Crippen LogP contribution in [0.5, 0.6) is 0 Å². The number of amides is 1. The van der Waals surface area contributed by atoms with Crippen molar-refractivity contribution in [2.45, 2.75) is 20.4 Å². The van der Waals surface area contributed by atoms with Gasteiger partial charge in [-0.15, -0.1) is 0 Å². The molecule has 154 valence electrons. The number of benzene rings is 2. The number of carbonyl (C=O) groups is 1. The zero-order chi connectivity index (χ0) is 20.5. The number of hydrogen-bond donors (Lipinski definition) is 2. The number of carbonyl (C=O) groups excluding carboxylic acids is 1. The summed E-state index contributed by atoms with van der Waals surface area (Å²) in [4.78, 5) is 21.5. The number of aliphatic imine (C=N–C) groups is 1. The Morgan fingerprint density at radius 2 is 1.55 bits per heavy atom. The molecule has 3 rings (SSSR count). The van der Waals surface area contributed by atoms with Gasteiger partial charge >= 0.3 is 0 Å². The van der Waals surface area contributed by atoms with E-state index in [9.17, 15) is 4.79 Å². The molecule has 0 radical (unpaired) electrons. The van der Waals surface area contributed by atoms with Crippen molar-refractivity contribution in [2.75, 3.05) is 44.2 Å². The smallest absolute Gasteiger partial charge is 0.251 e. The van der Waals surface area contributed by atoms with Crippen LogP contribution in [-0.4, -0.2) is 56.0 Å². The molecule has 1 aliphatic heterocycles. The maximum Gasteiger partial charge on any atom is 0.251 e. The zero-order valence-corrected chi connectivity index (χ0v) is 17.4. The number of nitrogens with zero attached hydrogens (tertiary/aromatic N) is 3. The molecule has 0 aliphatic carbocycles. The minimum atomic E-state index is -0.0350. The first kappa shape index (κ1) is 20.7. The fraction of sp³-hybridized carbons (Fsp3) is 0.391. The highest BCUT2D eigenvalue weighted by atomic mass is 16.1. The van der Waals surface area contributed by atoms with Crippen molar-refractivity contribution in [1.82, 2.24) is 15.5 Å². The van der Waals surface area contributed by atoms with E-state index < -0.39 is 0 Å². The summed E-state index contributed by atoms with van der Waals surface area (Å²) in [6.45, 7) is 9.93. The maximum absolute atomic E-state index is 11.9. The van der Waals surface area contributed by atoms with Crippen LogP contribution in [0.25, 0.3) is 0 Å². The largest absolute Gasteiger partial charge is 0.368 e. The topological polar surface area (TPSA) is 60.0 Å². The van der Waals surface area contributed by atoms with Crippen LogP contribution < -0.4 is 15.5 Å². The van der Waals surface area contributed by atoms with Gasteiger partial charge in [-0.2, -0.15) is 0 Å². The van der Waals surface area contributed by atoms with Crippen LogP contribution in [0.3, 0.4) is 0 Å². The van der Waals surface area contributed by atoms with E-state index in [1.807, 2.05) is 31.2 Å². The molecule has 1 amide bonds. The van der Waals surface area contributed by atoms with E-state index in [4.69, 9.17) is 4.99 Å². The molecule has 1 aliphatic rings. The Morgan fingerprint density at radius 1 is 0.897 bits per heavy atom. The lowest BCUT2D eigenvalue weighted by molar-refractivity contribution is 0.0956. The van der Waals surface area contributed by atoms with Gasteiger partial charge in [0.2, 0.25) is 0 Å². The van der Waals surface area contributed by atoms with Gasteiger partial charge in [0.25, 0.3) is 5.91 Å². The summed E-state index contributed by atoms with van der Waals surface area (Å²) in [5.74, 6) is 0.917. The van der Waals surface area contributed by atoms with E-state index in [0.717, 1.165) is 44.2 Å². The van der Waals surface area contributed by atoms with Crippen LogP contribution in [0.15, 0.2) is 59.6 Å². The molecule has 0 bridgehead atoms. The molecule has 1 fully saturated rings. The SMILES string of the molecule is CCNC(=O)c1ccc(CN=C(NCC)N2CCN(c3ccccc3)CC2)cc1. The van der Waals surface area contributed by atoms with Crippen molar-refractivity contribution in [3.63, 3.8) is 0 Å². The van der Waals surface area contributed by atoms with E-state index in [1.54, 1.807) is 0 Å². The fourth-order valence-corrected chi connectivity index (χ4v) is 3.43. The highest BCUT2D eigenvalue weighted by molar-refractivity contribution is 5.94. The first-order valence-electron chi connectivity index (χ1n) is 10.4. The monoisotopic (exact) mass is 393 g/mol. The van der Waals surface area contributed by atoms with Gasteiger partial charge in [0, 0.05) is 50.5 Å². The Bertz CT molecular complexity index is 796. The number of para-hydroxylation sites is 1. The van der Waals surface area contributed by atoms with E-state index in [-0.39, 0.29) is 5.91 Å². The predicted molar refractivity (Wildman–Crippen MR) is 119 cm³/mol. The van der Waals surface area contributed by atoms with E-state index in [0.29, 0.717) is 18.7 Å². The number of piperazine rings is 1. The third-order valence-electron chi connectivity index (χ3n) is 5.00. The van der Waals surface area contributed by atoms with Crippen LogP contribution in [0.1, 0.15) is 29.8 Å². The highest BCUT2D eigenvalue weighted by Crippen LogP contribution is 2.15. The summed E-state index contributed by atoms with van der Waals surface area (Å²) in [6, 6.07) is 18.2. The van der Waals surface area contributed by atoms with Crippen molar-refractivity contribution in [3.05, 3.63) is 65.7 Å². The number of hydrogen-bond acceptors (Lipinski definition) is 3. The molecule has 2 aromatic rings. The Balaban J connectivity index is 1.59. The summed E-state index contributed by atoms with van der Waals surface area (Å²) in [5, 5.41) is 6.24. The van der Waals surface area contributed by atoms with Crippen LogP contribution >= 0.6 is 0 Å². The first-order chi connectivity index (χ1) is 14.2. The normalized spacial score (nSPS) is 14.6. The molecule has 0 spiro atoms. The lowest BCUT2D eigenvalue weighted by atomic mass is 10.1. The molecule has 6 heteroatoms. The average molecular weight is 394 g/mol. The summed E-state index contributed by atoms with van der Waals surface area (Å²) < 4.78 is 0. The number of anilines is 1. The number of guanidine groups is 1. The van der Waals surface area contributed by atoms with Crippen molar-refractivity contribution in [3.8, 4) is 0 Å². The quantitative estimate of drug-likeness (QED) is 0.585. The van der Waals surface area contributed by atoms with E-state index in [1.165, 1.54) is 5.69 Å². The number of nitrogens with one attached hydrogen (secondary N) is 2. The predicted octanol–water partition coefficient (Wildman–Crippen LogP) is 2.72. The molecule has 1 heterocycles. The Hall–Kier alpha value is -3.02. The standard InChI is InChI=1S/C23H31N5O/c1-3-24-22(29)20-12-10-19(11-13-20)18-26-23(25-4-2)28-16-14-27(15-17-28)21-8-6-5-7-9-21/h5-13H,3-4,14-18H2,1-2H3,(H,24,29)(H,25,26). The van der Waals surface area contributed by atoms with Gasteiger partial charge in [0.05, 0.1) is 6.54 Å². The minimum Gasteiger partial charge on any atom is -0.368 e. The lowest BCUT2D eigenvalue weighted by Gasteiger charge is -2.37. The molecule has 0 saturated carbocycles.